The van der Waals surface area contributed by atoms with Crippen molar-refractivity contribution in [1.82, 2.24) is 9.62 Å². The van der Waals surface area contributed by atoms with Crippen LogP contribution in [-0.2, 0) is 14.8 Å². The van der Waals surface area contributed by atoms with Crippen molar-refractivity contribution in [3.8, 4) is 0 Å². The Morgan fingerprint density at radius 3 is 2.40 bits per heavy atom. The number of carboxylic acid groups (broad SMARTS) is 1. The lowest BCUT2D eigenvalue weighted by atomic mass is 10.3. The molecule has 7 nitrogen and oxygen atoms in total. The number of carbonyl (C=O) groups excluding carboxylic acids is 1. The average Bonchev–Trinajstić information content (AvgIpc) is 2.70. The summed E-state index contributed by atoms with van der Waals surface area (Å²) in [5.74, 6) is -1.73. The van der Waals surface area contributed by atoms with Gasteiger partial charge in [-0.25, -0.2) is 13.2 Å². The lowest BCUT2D eigenvalue weighted by Crippen LogP contribution is -2.44. The summed E-state index contributed by atoms with van der Waals surface area (Å²) in [4.78, 5) is 23.4. The number of amides is 1. The van der Waals surface area contributed by atoms with Crippen LogP contribution in [0.2, 0.25) is 0 Å². The number of likely N-dealkylation sites (N-methyl/N-ethyl adjacent to an activating group) is 1. The van der Waals surface area contributed by atoms with Crippen LogP contribution >= 0.6 is 11.3 Å². The molecule has 0 aliphatic rings. The van der Waals surface area contributed by atoms with E-state index in [4.69, 9.17) is 5.11 Å². The van der Waals surface area contributed by atoms with E-state index in [-0.39, 0.29) is 9.77 Å². The van der Waals surface area contributed by atoms with Gasteiger partial charge in [-0.3, -0.25) is 4.79 Å². The number of aryl methyl sites for hydroxylation is 1. The van der Waals surface area contributed by atoms with Crippen molar-refractivity contribution in [1.29, 1.82) is 0 Å². The van der Waals surface area contributed by atoms with E-state index in [1.54, 1.807) is 0 Å². The van der Waals surface area contributed by atoms with Crippen molar-refractivity contribution < 1.29 is 23.1 Å². The Balaban J connectivity index is 3.16. The van der Waals surface area contributed by atoms with E-state index in [0.717, 1.165) is 11.3 Å². The van der Waals surface area contributed by atoms with Crippen molar-refractivity contribution in [3.63, 3.8) is 0 Å². The Kier molecular flexibility index (Phi) is 4.90. The number of carboxylic acids is 1. The molecule has 1 amide bonds. The summed E-state index contributed by atoms with van der Waals surface area (Å²) in [6.45, 7) is 2.91. The number of rotatable bonds is 5. The van der Waals surface area contributed by atoms with Crippen LogP contribution in [0.4, 0.5) is 0 Å². The molecule has 2 N–H and O–H groups in total. The van der Waals surface area contributed by atoms with Crippen LogP contribution in [0.5, 0.6) is 0 Å². The summed E-state index contributed by atoms with van der Waals surface area (Å²) in [5, 5.41) is 10.5. The van der Waals surface area contributed by atoms with Gasteiger partial charge in [0.15, 0.2) is 0 Å². The first-order valence-electron chi connectivity index (χ1n) is 5.62. The molecule has 0 spiro atoms. The summed E-state index contributed by atoms with van der Waals surface area (Å²) in [6, 6.07) is -0.976. The van der Waals surface area contributed by atoms with Gasteiger partial charge in [0.2, 0.25) is 15.9 Å². The number of thiophene rings is 1. The van der Waals surface area contributed by atoms with E-state index in [9.17, 15) is 18.0 Å². The second-order valence-electron chi connectivity index (χ2n) is 4.46. The van der Waals surface area contributed by atoms with Crippen molar-refractivity contribution in [2.45, 2.75) is 24.8 Å². The molecule has 0 fully saturated rings. The number of hydrogen-bond donors (Lipinski definition) is 2. The van der Waals surface area contributed by atoms with Crippen molar-refractivity contribution in [2.75, 3.05) is 14.1 Å². The molecule has 1 rings (SSSR count). The minimum atomic E-state index is -4.07. The molecular weight excluding hydrogens is 304 g/mol. The molecule has 0 aliphatic carbocycles. The average molecular weight is 320 g/mol. The zero-order valence-corrected chi connectivity index (χ0v) is 13.1. The highest BCUT2D eigenvalue weighted by Gasteiger charge is 2.30. The number of nitrogens with one attached hydrogen (secondary N) is 1. The van der Waals surface area contributed by atoms with Gasteiger partial charge in [0, 0.05) is 14.1 Å². The van der Waals surface area contributed by atoms with Gasteiger partial charge in [0.1, 0.15) is 9.77 Å². The maximum atomic E-state index is 12.2. The van der Waals surface area contributed by atoms with Crippen LogP contribution in [-0.4, -0.2) is 50.4 Å². The Hall–Kier alpha value is -1.45. The van der Waals surface area contributed by atoms with E-state index in [1.165, 1.54) is 38.2 Å². The second kappa shape index (κ2) is 5.90. The lowest BCUT2D eigenvalue weighted by molar-refractivity contribution is -0.130. The molecule has 1 heterocycles. The first-order valence-corrected chi connectivity index (χ1v) is 7.99. The monoisotopic (exact) mass is 320 g/mol. The fourth-order valence-corrected chi connectivity index (χ4v) is 4.47. The lowest BCUT2D eigenvalue weighted by Gasteiger charge is -2.18. The van der Waals surface area contributed by atoms with Crippen molar-refractivity contribution in [3.05, 3.63) is 15.8 Å². The van der Waals surface area contributed by atoms with Crippen LogP contribution in [0.1, 0.15) is 22.2 Å². The summed E-state index contributed by atoms with van der Waals surface area (Å²) in [6.07, 6.45) is 0. The van der Waals surface area contributed by atoms with Crippen LogP contribution in [0.25, 0.3) is 0 Å². The van der Waals surface area contributed by atoms with Gasteiger partial charge in [0.05, 0.1) is 6.04 Å². The third-order valence-electron chi connectivity index (χ3n) is 2.52. The quantitative estimate of drug-likeness (QED) is 0.822. The molecule has 9 heteroatoms. The second-order valence-corrected chi connectivity index (χ2v) is 6.99. The first-order chi connectivity index (χ1) is 9.08. The Labute approximate surface area is 121 Å². The summed E-state index contributed by atoms with van der Waals surface area (Å²) in [7, 11) is -1.06. The molecular formula is C11H16N2O5S2. The number of aromatic carboxylic acids is 1. The van der Waals surface area contributed by atoms with Gasteiger partial charge in [0.25, 0.3) is 0 Å². The number of hydrogen-bond acceptors (Lipinski definition) is 5. The molecule has 112 valence electrons. The summed E-state index contributed by atoms with van der Waals surface area (Å²) < 4.78 is 26.7. The predicted octanol–water partition coefficient (Wildman–Crippen LogP) is 0.510. The highest BCUT2D eigenvalue weighted by Crippen LogP contribution is 2.26. The molecule has 1 unspecified atom stereocenters. The summed E-state index contributed by atoms with van der Waals surface area (Å²) in [5.41, 5.74) is 0.337. The molecule has 1 aromatic rings. The fraction of sp³-hybridized carbons (Fsp3) is 0.455. The number of sulfonamides is 1. The van der Waals surface area contributed by atoms with Crippen molar-refractivity contribution in [2.24, 2.45) is 0 Å². The number of nitrogens with zero attached hydrogens (tertiary/aromatic N) is 1. The van der Waals surface area contributed by atoms with E-state index in [0.29, 0.717) is 5.56 Å². The van der Waals surface area contributed by atoms with Gasteiger partial charge in [-0.05, 0) is 24.8 Å². The topological polar surface area (TPSA) is 104 Å². The Morgan fingerprint density at radius 1 is 1.40 bits per heavy atom. The highest BCUT2D eigenvalue weighted by atomic mass is 32.2. The normalized spacial score (nSPS) is 13.0. The molecule has 0 aromatic carbocycles. The molecule has 20 heavy (non-hydrogen) atoms. The van der Waals surface area contributed by atoms with Crippen LogP contribution in [0.15, 0.2) is 10.3 Å². The largest absolute Gasteiger partial charge is 0.477 e. The third-order valence-corrected chi connectivity index (χ3v) is 5.47. The predicted molar refractivity (Wildman–Crippen MR) is 74.5 cm³/mol. The van der Waals surface area contributed by atoms with Gasteiger partial charge >= 0.3 is 5.97 Å². The maximum Gasteiger partial charge on any atom is 0.347 e. The highest BCUT2D eigenvalue weighted by molar-refractivity contribution is 7.89. The zero-order valence-electron chi connectivity index (χ0n) is 11.5. The van der Waals surface area contributed by atoms with Crippen LogP contribution < -0.4 is 4.72 Å². The van der Waals surface area contributed by atoms with E-state index in [2.05, 4.69) is 4.72 Å². The van der Waals surface area contributed by atoms with Gasteiger partial charge in [-0.2, -0.15) is 4.72 Å². The van der Waals surface area contributed by atoms with E-state index in [1.807, 2.05) is 0 Å². The molecule has 0 radical (unpaired) electrons. The Bertz CT molecular complexity index is 633. The third kappa shape index (κ3) is 3.35. The van der Waals surface area contributed by atoms with Gasteiger partial charge in [-0.15, -0.1) is 11.3 Å². The molecule has 0 bridgehead atoms. The SMILES string of the molecule is Cc1csc(C(=O)O)c1S(=O)(=O)NC(C)C(=O)N(C)C. The first kappa shape index (κ1) is 16.6. The van der Waals surface area contributed by atoms with Crippen LogP contribution in [0.3, 0.4) is 0 Å². The molecule has 1 aromatic heterocycles. The molecule has 0 saturated carbocycles. The van der Waals surface area contributed by atoms with Crippen LogP contribution in [0, 0.1) is 6.92 Å². The van der Waals surface area contributed by atoms with Gasteiger partial charge in [-0.1, -0.05) is 0 Å². The summed E-state index contributed by atoms with van der Waals surface area (Å²) >= 11 is 0.839. The van der Waals surface area contributed by atoms with Crippen molar-refractivity contribution >= 4 is 33.2 Å². The molecule has 0 aliphatic heterocycles. The fourth-order valence-electron chi connectivity index (χ4n) is 1.64. The van der Waals surface area contributed by atoms with Gasteiger partial charge < -0.3 is 10.0 Å². The smallest absolute Gasteiger partial charge is 0.347 e. The Morgan fingerprint density at radius 2 is 1.95 bits per heavy atom. The molecule has 1 atom stereocenters. The van der Waals surface area contributed by atoms with E-state index >= 15 is 0 Å². The minimum Gasteiger partial charge on any atom is -0.477 e. The maximum absolute atomic E-state index is 12.2. The number of carbonyl (C=O) groups is 2. The standard InChI is InChI=1S/C11H16N2O5S2/c1-6-5-19-8(11(15)16)9(6)20(17,18)12-7(2)10(14)13(3)4/h5,7,12H,1-4H3,(H,15,16). The van der Waals surface area contributed by atoms with E-state index < -0.39 is 27.9 Å². The molecule has 0 saturated heterocycles. The minimum absolute atomic E-state index is 0.264. The zero-order chi connectivity index (χ0) is 15.7.